The van der Waals surface area contributed by atoms with Crippen molar-refractivity contribution < 1.29 is 4.39 Å². The van der Waals surface area contributed by atoms with Crippen molar-refractivity contribution >= 4 is 34.3 Å². The maximum Gasteiger partial charge on any atom is 0.231 e. The Kier molecular flexibility index (Phi) is 3.88. The molecule has 2 heterocycles. The Morgan fingerprint density at radius 3 is 2.24 bits per heavy atom. The molecule has 0 amide bonds. The molecule has 2 aromatic carbocycles. The number of fused-ring (bicyclic) bond motifs is 1. The molecule has 0 bridgehead atoms. The summed E-state index contributed by atoms with van der Waals surface area (Å²) in [5, 5.41) is 6.28. The first-order chi connectivity index (χ1) is 12.3. The third-order valence-electron chi connectivity index (χ3n) is 3.47. The first-order valence-electron chi connectivity index (χ1n) is 7.61. The topological polar surface area (TPSA) is 75.6 Å². The maximum atomic E-state index is 13.1. The van der Waals surface area contributed by atoms with Gasteiger partial charge in [-0.3, -0.25) is 0 Å². The molecule has 0 radical (unpaired) electrons. The van der Waals surface area contributed by atoms with E-state index in [1.165, 1.54) is 12.1 Å². The van der Waals surface area contributed by atoms with E-state index in [-0.39, 0.29) is 5.82 Å². The van der Waals surface area contributed by atoms with Gasteiger partial charge < -0.3 is 10.6 Å². The Hall–Kier alpha value is -3.61. The monoisotopic (exact) mass is 332 g/mol. The molecule has 2 aromatic heterocycles. The summed E-state index contributed by atoms with van der Waals surface area (Å²) < 4.78 is 13.1. The van der Waals surface area contributed by atoms with Crippen LogP contribution in [0.2, 0.25) is 0 Å². The summed E-state index contributed by atoms with van der Waals surface area (Å²) in [5.41, 5.74) is 2.58. The van der Waals surface area contributed by atoms with Gasteiger partial charge in [0, 0.05) is 23.8 Å². The van der Waals surface area contributed by atoms with Crippen LogP contribution in [0.25, 0.3) is 11.2 Å². The van der Waals surface area contributed by atoms with Crippen LogP contribution >= 0.6 is 0 Å². The van der Waals surface area contributed by atoms with Crippen molar-refractivity contribution in [2.45, 2.75) is 0 Å². The number of hydrogen-bond acceptors (Lipinski definition) is 6. The van der Waals surface area contributed by atoms with Gasteiger partial charge in [0.05, 0.1) is 0 Å². The van der Waals surface area contributed by atoms with E-state index in [0.717, 1.165) is 5.69 Å². The van der Waals surface area contributed by atoms with Gasteiger partial charge in [-0.1, -0.05) is 18.2 Å². The van der Waals surface area contributed by atoms with Crippen LogP contribution < -0.4 is 10.6 Å². The summed E-state index contributed by atoms with van der Waals surface area (Å²) in [6.07, 6.45) is 3.16. The molecule has 0 saturated carbocycles. The van der Waals surface area contributed by atoms with Crippen molar-refractivity contribution in [3.63, 3.8) is 0 Å². The van der Waals surface area contributed by atoms with Gasteiger partial charge >= 0.3 is 0 Å². The van der Waals surface area contributed by atoms with Crippen molar-refractivity contribution in [2.24, 2.45) is 0 Å². The highest BCUT2D eigenvalue weighted by Gasteiger charge is 2.10. The molecule has 0 saturated heterocycles. The lowest BCUT2D eigenvalue weighted by atomic mass is 10.3. The van der Waals surface area contributed by atoms with Crippen LogP contribution in [0.15, 0.2) is 67.0 Å². The fraction of sp³-hybridized carbons (Fsp3) is 0. The molecule has 2 N–H and O–H groups in total. The number of aromatic nitrogens is 4. The second-order valence-corrected chi connectivity index (χ2v) is 5.25. The molecular formula is C18H13FN6. The number of nitrogens with one attached hydrogen (secondary N) is 2. The van der Waals surface area contributed by atoms with Crippen LogP contribution in [-0.2, 0) is 0 Å². The van der Waals surface area contributed by atoms with Crippen molar-refractivity contribution in [2.75, 3.05) is 10.6 Å². The average Bonchev–Trinajstić information content (AvgIpc) is 2.65. The molecule has 122 valence electrons. The Balaban J connectivity index is 1.74. The van der Waals surface area contributed by atoms with E-state index >= 15 is 0 Å². The number of anilines is 4. The third kappa shape index (κ3) is 3.35. The SMILES string of the molecule is Fc1ccc(Nc2nc(Nc3ccccc3)c3nccnc3n2)cc1. The highest BCUT2D eigenvalue weighted by atomic mass is 19.1. The molecule has 25 heavy (non-hydrogen) atoms. The minimum absolute atomic E-state index is 0.303. The molecule has 0 atom stereocenters. The fourth-order valence-electron chi connectivity index (χ4n) is 2.33. The molecule has 4 aromatic rings. The van der Waals surface area contributed by atoms with E-state index in [9.17, 15) is 4.39 Å². The molecule has 4 rings (SSSR count). The van der Waals surface area contributed by atoms with Gasteiger partial charge in [-0.05, 0) is 36.4 Å². The smallest absolute Gasteiger partial charge is 0.231 e. The minimum Gasteiger partial charge on any atom is -0.338 e. The molecule has 7 heteroatoms. The highest BCUT2D eigenvalue weighted by Crippen LogP contribution is 2.23. The van der Waals surface area contributed by atoms with E-state index in [1.54, 1.807) is 24.5 Å². The average molecular weight is 332 g/mol. The fourth-order valence-corrected chi connectivity index (χ4v) is 2.33. The molecule has 6 nitrogen and oxygen atoms in total. The lowest BCUT2D eigenvalue weighted by Gasteiger charge is -2.10. The standard InChI is InChI=1S/C18H13FN6/c19-12-6-8-14(9-7-12)23-18-24-16-15(20-10-11-21-16)17(25-18)22-13-4-2-1-3-5-13/h1-11H,(H2,21,22,23,24,25). The predicted octanol–water partition coefficient (Wildman–Crippen LogP) is 4.05. The van der Waals surface area contributed by atoms with Crippen LogP contribution in [0.3, 0.4) is 0 Å². The van der Waals surface area contributed by atoms with Crippen molar-refractivity contribution in [1.29, 1.82) is 0 Å². The van der Waals surface area contributed by atoms with Crippen molar-refractivity contribution in [3.8, 4) is 0 Å². The summed E-state index contributed by atoms with van der Waals surface area (Å²) in [7, 11) is 0. The van der Waals surface area contributed by atoms with Crippen molar-refractivity contribution in [3.05, 3.63) is 72.8 Å². The molecule has 0 aliphatic carbocycles. The maximum absolute atomic E-state index is 13.1. The summed E-state index contributed by atoms with van der Waals surface area (Å²) in [4.78, 5) is 17.4. The lowest BCUT2D eigenvalue weighted by Crippen LogP contribution is -2.04. The third-order valence-corrected chi connectivity index (χ3v) is 3.47. The first kappa shape index (κ1) is 14.9. The van der Waals surface area contributed by atoms with E-state index in [1.807, 2.05) is 30.3 Å². The number of benzene rings is 2. The Morgan fingerprint density at radius 1 is 0.720 bits per heavy atom. The molecule has 0 spiro atoms. The van der Waals surface area contributed by atoms with Gasteiger partial charge in [-0.2, -0.15) is 9.97 Å². The molecular weight excluding hydrogens is 319 g/mol. The lowest BCUT2D eigenvalue weighted by molar-refractivity contribution is 0.628. The largest absolute Gasteiger partial charge is 0.338 e. The Morgan fingerprint density at radius 2 is 1.44 bits per heavy atom. The van der Waals surface area contributed by atoms with Gasteiger partial charge in [0.2, 0.25) is 5.95 Å². The van der Waals surface area contributed by atoms with Crippen LogP contribution in [0, 0.1) is 5.82 Å². The molecule has 0 fully saturated rings. The summed E-state index contributed by atoms with van der Waals surface area (Å²) in [6.45, 7) is 0. The predicted molar refractivity (Wildman–Crippen MR) is 94.5 cm³/mol. The van der Waals surface area contributed by atoms with E-state index in [4.69, 9.17) is 0 Å². The van der Waals surface area contributed by atoms with Gasteiger partial charge in [-0.15, -0.1) is 0 Å². The van der Waals surface area contributed by atoms with E-state index < -0.39 is 0 Å². The number of rotatable bonds is 4. The number of halogens is 1. The van der Waals surface area contributed by atoms with Crippen LogP contribution in [0.5, 0.6) is 0 Å². The zero-order valence-electron chi connectivity index (χ0n) is 13.0. The molecule has 0 aliphatic heterocycles. The van der Waals surface area contributed by atoms with Gasteiger partial charge in [-0.25, -0.2) is 14.4 Å². The quantitative estimate of drug-likeness (QED) is 0.587. The Bertz CT molecular complexity index is 1000. The summed E-state index contributed by atoms with van der Waals surface area (Å²) in [6, 6.07) is 15.6. The number of para-hydroxylation sites is 1. The van der Waals surface area contributed by atoms with Crippen LogP contribution in [0.4, 0.5) is 27.5 Å². The normalized spacial score (nSPS) is 10.6. The van der Waals surface area contributed by atoms with Gasteiger partial charge in [0.15, 0.2) is 17.0 Å². The van der Waals surface area contributed by atoms with Gasteiger partial charge in [0.1, 0.15) is 5.82 Å². The number of hydrogen-bond donors (Lipinski definition) is 2. The second kappa shape index (κ2) is 6.48. The van der Waals surface area contributed by atoms with Crippen LogP contribution in [0.1, 0.15) is 0 Å². The van der Waals surface area contributed by atoms with Crippen LogP contribution in [-0.4, -0.2) is 19.9 Å². The zero-order chi connectivity index (χ0) is 17.1. The molecule has 0 aliphatic rings. The zero-order valence-corrected chi connectivity index (χ0v) is 13.0. The second-order valence-electron chi connectivity index (χ2n) is 5.25. The molecule has 0 unspecified atom stereocenters. The highest BCUT2D eigenvalue weighted by molar-refractivity contribution is 5.85. The van der Waals surface area contributed by atoms with E-state index in [0.29, 0.717) is 28.6 Å². The van der Waals surface area contributed by atoms with Gasteiger partial charge in [0.25, 0.3) is 0 Å². The van der Waals surface area contributed by atoms with Crippen molar-refractivity contribution in [1.82, 2.24) is 19.9 Å². The first-order valence-corrected chi connectivity index (χ1v) is 7.61. The number of nitrogens with zero attached hydrogens (tertiary/aromatic N) is 4. The minimum atomic E-state index is -0.303. The van der Waals surface area contributed by atoms with E-state index in [2.05, 4.69) is 30.6 Å². The Labute approximate surface area is 142 Å². The summed E-state index contributed by atoms with van der Waals surface area (Å²) in [5.74, 6) is 0.578. The summed E-state index contributed by atoms with van der Waals surface area (Å²) >= 11 is 0.